The van der Waals surface area contributed by atoms with E-state index in [4.69, 9.17) is 10.2 Å². The number of oxazole rings is 1. The topological polar surface area (TPSA) is 98.2 Å². The van der Waals surface area contributed by atoms with E-state index in [1.165, 1.54) is 6.07 Å². The Morgan fingerprint density at radius 2 is 1.85 bits per heavy atom. The van der Waals surface area contributed by atoms with E-state index in [0.29, 0.717) is 18.1 Å². The second kappa shape index (κ2) is 7.82. The predicted octanol–water partition coefficient (Wildman–Crippen LogP) is 2.86. The van der Waals surface area contributed by atoms with Crippen molar-refractivity contribution in [3.8, 4) is 11.5 Å². The number of nitrogens with one attached hydrogen (secondary N) is 1. The Balaban J connectivity index is 1.64. The fourth-order valence-electron chi connectivity index (χ4n) is 2.62. The van der Waals surface area contributed by atoms with Gasteiger partial charge in [0.25, 0.3) is 5.91 Å². The minimum absolute atomic E-state index is 0.0330. The van der Waals surface area contributed by atoms with Crippen molar-refractivity contribution >= 4 is 11.8 Å². The van der Waals surface area contributed by atoms with Crippen LogP contribution in [-0.2, 0) is 6.42 Å². The summed E-state index contributed by atoms with van der Waals surface area (Å²) in [5, 5.41) is 2.68. The van der Waals surface area contributed by atoms with Gasteiger partial charge in [-0.3, -0.25) is 9.59 Å². The molecule has 1 aromatic heterocycles. The molecule has 6 nitrogen and oxygen atoms in total. The smallest absolute Gasteiger partial charge is 0.251 e. The normalized spacial score (nSPS) is 10.6. The maximum absolute atomic E-state index is 13.5. The fourth-order valence-corrected chi connectivity index (χ4v) is 2.62. The number of nitrogens with zero attached hydrogens (tertiary/aromatic N) is 1. The van der Waals surface area contributed by atoms with Crippen molar-refractivity contribution in [2.45, 2.75) is 13.3 Å². The lowest BCUT2D eigenvalue weighted by atomic mass is 10.1. The molecule has 0 bridgehead atoms. The number of primary amides is 1. The first-order valence-electron chi connectivity index (χ1n) is 8.34. The van der Waals surface area contributed by atoms with Crippen LogP contribution in [0.25, 0.3) is 11.5 Å². The summed E-state index contributed by atoms with van der Waals surface area (Å²) in [7, 11) is 0. The van der Waals surface area contributed by atoms with Crippen molar-refractivity contribution in [1.29, 1.82) is 0 Å². The molecule has 2 aromatic carbocycles. The largest absolute Gasteiger partial charge is 0.441 e. The first-order valence-corrected chi connectivity index (χ1v) is 8.34. The Labute approximate surface area is 155 Å². The summed E-state index contributed by atoms with van der Waals surface area (Å²) < 4.78 is 19.2. The van der Waals surface area contributed by atoms with Gasteiger partial charge in [-0.2, -0.15) is 0 Å². The molecule has 0 saturated carbocycles. The summed E-state index contributed by atoms with van der Waals surface area (Å²) in [4.78, 5) is 27.9. The number of carbonyl (C=O) groups excluding carboxylic acids is 2. The zero-order valence-corrected chi connectivity index (χ0v) is 14.7. The highest BCUT2D eigenvalue weighted by Gasteiger charge is 2.14. The molecule has 0 aliphatic carbocycles. The van der Waals surface area contributed by atoms with Crippen molar-refractivity contribution < 1.29 is 18.4 Å². The van der Waals surface area contributed by atoms with Crippen LogP contribution in [0.4, 0.5) is 4.39 Å². The van der Waals surface area contributed by atoms with Crippen molar-refractivity contribution in [2.24, 2.45) is 5.73 Å². The Hall–Kier alpha value is -3.48. The van der Waals surface area contributed by atoms with Gasteiger partial charge in [0.15, 0.2) is 0 Å². The Morgan fingerprint density at radius 3 is 2.56 bits per heavy atom. The van der Waals surface area contributed by atoms with Crippen LogP contribution < -0.4 is 11.1 Å². The van der Waals surface area contributed by atoms with E-state index < -0.39 is 17.6 Å². The van der Waals surface area contributed by atoms with Crippen LogP contribution in [-0.4, -0.2) is 23.3 Å². The van der Waals surface area contributed by atoms with E-state index in [-0.39, 0.29) is 17.7 Å². The number of amides is 2. The van der Waals surface area contributed by atoms with Crippen molar-refractivity contribution in [3.05, 3.63) is 76.9 Å². The lowest BCUT2D eigenvalue weighted by Gasteiger charge is -2.06. The third-order valence-corrected chi connectivity index (χ3v) is 4.01. The van der Waals surface area contributed by atoms with E-state index in [9.17, 15) is 14.0 Å². The highest BCUT2D eigenvalue weighted by molar-refractivity contribution is 5.99. The molecule has 27 heavy (non-hydrogen) atoms. The number of hydrogen-bond acceptors (Lipinski definition) is 4. The molecule has 3 N–H and O–H groups in total. The molecule has 0 aliphatic rings. The number of halogens is 1. The van der Waals surface area contributed by atoms with Gasteiger partial charge in [0, 0.05) is 29.7 Å². The first-order chi connectivity index (χ1) is 12.9. The number of nitrogens with two attached hydrogens (primary N) is 1. The molecule has 3 aromatic rings. The molecular formula is C20H18FN3O3. The average Bonchev–Trinajstić information content (AvgIpc) is 3.02. The Bertz CT molecular complexity index is 983. The first kappa shape index (κ1) is 18.3. The molecule has 0 radical (unpaired) electrons. The molecule has 1 heterocycles. The van der Waals surface area contributed by atoms with Gasteiger partial charge >= 0.3 is 0 Å². The molecule has 0 aliphatic heterocycles. The lowest BCUT2D eigenvalue weighted by Crippen LogP contribution is -2.26. The molecule has 0 fully saturated rings. The van der Waals surface area contributed by atoms with Gasteiger partial charge < -0.3 is 15.5 Å². The molecule has 0 saturated heterocycles. The Kier molecular flexibility index (Phi) is 5.30. The summed E-state index contributed by atoms with van der Waals surface area (Å²) in [6.07, 6.45) is 0.450. The number of hydrogen-bond donors (Lipinski definition) is 2. The maximum Gasteiger partial charge on any atom is 0.251 e. The van der Waals surface area contributed by atoms with E-state index in [1.54, 1.807) is 0 Å². The lowest BCUT2D eigenvalue weighted by molar-refractivity contribution is 0.0953. The maximum atomic E-state index is 13.5. The number of rotatable bonds is 6. The molecule has 0 spiro atoms. The van der Waals surface area contributed by atoms with Gasteiger partial charge in [0.2, 0.25) is 11.8 Å². The highest BCUT2D eigenvalue weighted by atomic mass is 19.1. The van der Waals surface area contributed by atoms with E-state index in [0.717, 1.165) is 23.4 Å². The molecule has 138 valence electrons. The zero-order chi connectivity index (χ0) is 19.4. The molecular weight excluding hydrogens is 349 g/mol. The standard InChI is InChI=1S/C20H18FN3O3/c1-12-17(24-20(27-12)13-5-3-2-4-6-13)7-8-23-19(26)15-9-14(18(22)25)10-16(21)11-15/h2-6,9-11H,7-8H2,1H3,(H2,22,25)(H,23,26). The van der Waals surface area contributed by atoms with Crippen LogP contribution >= 0.6 is 0 Å². The zero-order valence-electron chi connectivity index (χ0n) is 14.7. The molecule has 3 rings (SSSR count). The number of aryl methyl sites for hydroxylation is 1. The van der Waals surface area contributed by atoms with Gasteiger partial charge in [-0.15, -0.1) is 0 Å². The van der Waals surface area contributed by atoms with Crippen LogP contribution in [0.2, 0.25) is 0 Å². The quantitative estimate of drug-likeness (QED) is 0.700. The summed E-state index contributed by atoms with van der Waals surface area (Å²) in [5.41, 5.74) is 6.71. The highest BCUT2D eigenvalue weighted by Crippen LogP contribution is 2.21. The van der Waals surface area contributed by atoms with Gasteiger partial charge in [0.05, 0.1) is 5.69 Å². The van der Waals surface area contributed by atoms with Crippen molar-refractivity contribution in [1.82, 2.24) is 10.3 Å². The summed E-state index contributed by atoms with van der Waals surface area (Å²) >= 11 is 0. The number of carbonyl (C=O) groups is 2. The van der Waals surface area contributed by atoms with Crippen LogP contribution in [0.1, 0.15) is 32.2 Å². The molecule has 0 unspecified atom stereocenters. The average molecular weight is 367 g/mol. The molecule has 7 heteroatoms. The molecule has 0 atom stereocenters. The van der Waals surface area contributed by atoms with Crippen molar-refractivity contribution in [3.63, 3.8) is 0 Å². The summed E-state index contributed by atoms with van der Waals surface area (Å²) in [6, 6.07) is 12.8. The minimum atomic E-state index is -0.796. The fraction of sp³-hybridized carbons (Fsp3) is 0.150. The minimum Gasteiger partial charge on any atom is -0.441 e. The SMILES string of the molecule is Cc1oc(-c2ccccc2)nc1CCNC(=O)c1cc(F)cc(C(N)=O)c1. The van der Waals surface area contributed by atoms with Crippen LogP contribution in [0.5, 0.6) is 0 Å². The van der Waals surface area contributed by atoms with Crippen molar-refractivity contribution in [2.75, 3.05) is 6.54 Å². The number of benzene rings is 2. The van der Waals surface area contributed by atoms with Gasteiger partial charge in [-0.1, -0.05) is 18.2 Å². The molecule has 2 amide bonds. The summed E-state index contributed by atoms with van der Waals surface area (Å²) in [5.74, 6) is -0.802. The Morgan fingerprint density at radius 1 is 1.15 bits per heavy atom. The third-order valence-electron chi connectivity index (χ3n) is 4.01. The van der Waals surface area contributed by atoms with Gasteiger partial charge in [-0.25, -0.2) is 9.37 Å². The van der Waals surface area contributed by atoms with Crippen LogP contribution in [0.3, 0.4) is 0 Å². The van der Waals surface area contributed by atoms with E-state index in [2.05, 4.69) is 10.3 Å². The second-order valence-electron chi connectivity index (χ2n) is 5.99. The monoisotopic (exact) mass is 367 g/mol. The van der Waals surface area contributed by atoms with Crippen LogP contribution in [0, 0.1) is 12.7 Å². The predicted molar refractivity (Wildman–Crippen MR) is 97.6 cm³/mol. The summed E-state index contributed by atoms with van der Waals surface area (Å²) in [6.45, 7) is 2.09. The third kappa shape index (κ3) is 4.38. The van der Waals surface area contributed by atoms with Crippen LogP contribution in [0.15, 0.2) is 52.9 Å². The van der Waals surface area contributed by atoms with Gasteiger partial charge in [-0.05, 0) is 37.3 Å². The number of aromatic nitrogens is 1. The second-order valence-corrected chi connectivity index (χ2v) is 5.99. The van der Waals surface area contributed by atoms with E-state index in [1.807, 2.05) is 37.3 Å². The van der Waals surface area contributed by atoms with E-state index >= 15 is 0 Å². The van der Waals surface area contributed by atoms with Gasteiger partial charge in [0.1, 0.15) is 11.6 Å².